The van der Waals surface area contributed by atoms with Crippen LogP contribution in [0.25, 0.3) is 0 Å². The smallest absolute Gasteiger partial charge is 0.274 e. The van der Waals surface area contributed by atoms with Gasteiger partial charge >= 0.3 is 0 Å². The summed E-state index contributed by atoms with van der Waals surface area (Å²) in [6, 6.07) is 11.3. The molecule has 1 amide bonds. The molecule has 0 bridgehead atoms. The third-order valence-electron chi connectivity index (χ3n) is 3.17. The Balaban J connectivity index is 2.11. The molecule has 0 saturated carbocycles. The number of benzene rings is 2. The molecular formula is C15H15N3O3. The minimum absolute atomic E-state index is 0.0128. The van der Waals surface area contributed by atoms with Crippen molar-refractivity contribution in [2.45, 2.75) is 13.5 Å². The number of nitro benzene ring substituents is 1. The Labute approximate surface area is 121 Å². The number of carbonyl (C=O) groups is 1. The van der Waals surface area contributed by atoms with E-state index in [-0.39, 0.29) is 18.1 Å². The lowest BCUT2D eigenvalue weighted by atomic mass is 10.1. The average molecular weight is 285 g/mol. The Morgan fingerprint density at radius 2 is 2.00 bits per heavy atom. The SMILES string of the molecule is Cc1ccc(C(=O)NCc2ccccc2[N+](=O)[O-])cc1N. The summed E-state index contributed by atoms with van der Waals surface area (Å²) in [4.78, 5) is 22.5. The quantitative estimate of drug-likeness (QED) is 0.512. The number of para-hydroxylation sites is 1. The van der Waals surface area contributed by atoms with Gasteiger partial charge in [-0.1, -0.05) is 24.3 Å². The fraction of sp³-hybridized carbons (Fsp3) is 0.133. The molecule has 0 fully saturated rings. The van der Waals surface area contributed by atoms with Gasteiger partial charge in [-0.05, 0) is 24.6 Å². The van der Waals surface area contributed by atoms with Gasteiger partial charge in [-0.25, -0.2) is 0 Å². The summed E-state index contributed by atoms with van der Waals surface area (Å²) in [5.41, 5.74) is 8.06. The van der Waals surface area contributed by atoms with Crippen molar-refractivity contribution >= 4 is 17.3 Å². The van der Waals surface area contributed by atoms with E-state index in [0.717, 1.165) is 5.56 Å². The van der Waals surface area contributed by atoms with E-state index >= 15 is 0 Å². The largest absolute Gasteiger partial charge is 0.398 e. The number of hydrogen-bond donors (Lipinski definition) is 2. The van der Waals surface area contributed by atoms with Gasteiger partial charge in [0.05, 0.1) is 4.92 Å². The monoisotopic (exact) mass is 285 g/mol. The topological polar surface area (TPSA) is 98.3 Å². The highest BCUT2D eigenvalue weighted by Crippen LogP contribution is 2.18. The molecule has 0 saturated heterocycles. The van der Waals surface area contributed by atoms with Crippen LogP contribution in [0.5, 0.6) is 0 Å². The predicted octanol–water partition coefficient (Wildman–Crippen LogP) is 2.42. The molecule has 2 aromatic carbocycles. The molecule has 21 heavy (non-hydrogen) atoms. The highest BCUT2D eigenvalue weighted by molar-refractivity contribution is 5.95. The van der Waals surface area contributed by atoms with Gasteiger partial charge in [0.2, 0.25) is 0 Å². The first-order chi connectivity index (χ1) is 9.99. The molecule has 6 nitrogen and oxygen atoms in total. The number of carbonyl (C=O) groups excluding carboxylic acids is 1. The molecule has 0 unspecified atom stereocenters. The number of nitrogen functional groups attached to an aromatic ring is 1. The Hall–Kier alpha value is -2.89. The number of anilines is 1. The average Bonchev–Trinajstić information content (AvgIpc) is 2.47. The Morgan fingerprint density at radius 3 is 2.67 bits per heavy atom. The molecule has 0 aliphatic carbocycles. The van der Waals surface area contributed by atoms with Gasteiger partial charge < -0.3 is 11.1 Å². The number of nitrogens with zero attached hydrogens (tertiary/aromatic N) is 1. The highest BCUT2D eigenvalue weighted by Gasteiger charge is 2.13. The zero-order chi connectivity index (χ0) is 15.4. The maximum absolute atomic E-state index is 12.0. The summed E-state index contributed by atoms with van der Waals surface area (Å²) >= 11 is 0. The van der Waals surface area contributed by atoms with Crippen molar-refractivity contribution in [1.82, 2.24) is 5.32 Å². The van der Waals surface area contributed by atoms with Crippen molar-refractivity contribution in [2.24, 2.45) is 0 Å². The normalized spacial score (nSPS) is 10.1. The molecule has 2 rings (SSSR count). The lowest BCUT2D eigenvalue weighted by Crippen LogP contribution is -2.23. The van der Waals surface area contributed by atoms with Crippen LogP contribution < -0.4 is 11.1 Å². The number of rotatable bonds is 4. The first kappa shape index (κ1) is 14.5. The second-order valence-corrected chi connectivity index (χ2v) is 4.64. The van der Waals surface area contributed by atoms with E-state index in [1.54, 1.807) is 36.4 Å². The summed E-state index contributed by atoms with van der Waals surface area (Å²) in [7, 11) is 0. The number of aryl methyl sites for hydroxylation is 1. The standard InChI is InChI=1S/C15H15N3O3/c1-10-6-7-11(8-13(10)16)15(19)17-9-12-4-2-3-5-14(12)18(20)21/h2-8H,9,16H2,1H3,(H,17,19). The zero-order valence-corrected chi connectivity index (χ0v) is 11.5. The van der Waals surface area contributed by atoms with Gasteiger partial charge in [-0.3, -0.25) is 14.9 Å². The van der Waals surface area contributed by atoms with Gasteiger partial charge in [-0.2, -0.15) is 0 Å². The highest BCUT2D eigenvalue weighted by atomic mass is 16.6. The Morgan fingerprint density at radius 1 is 1.29 bits per heavy atom. The molecule has 0 radical (unpaired) electrons. The predicted molar refractivity (Wildman–Crippen MR) is 79.9 cm³/mol. The summed E-state index contributed by atoms with van der Waals surface area (Å²) in [6.45, 7) is 1.94. The number of hydrogen-bond acceptors (Lipinski definition) is 4. The first-order valence-electron chi connectivity index (χ1n) is 6.35. The molecule has 0 atom stereocenters. The van der Waals surface area contributed by atoms with Crippen molar-refractivity contribution in [3.05, 3.63) is 69.3 Å². The molecule has 0 aliphatic rings. The van der Waals surface area contributed by atoms with E-state index in [1.807, 2.05) is 6.92 Å². The molecule has 0 spiro atoms. The summed E-state index contributed by atoms with van der Waals surface area (Å²) in [5.74, 6) is -0.320. The summed E-state index contributed by atoms with van der Waals surface area (Å²) in [6.07, 6.45) is 0. The Bertz CT molecular complexity index is 698. The summed E-state index contributed by atoms with van der Waals surface area (Å²) < 4.78 is 0. The van der Waals surface area contributed by atoms with Crippen LogP contribution >= 0.6 is 0 Å². The number of amides is 1. The maximum Gasteiger partial charge on any atom is 0.274 e. The molecule has 0 heterocycles. The third kappa shape index (κ3) is 3.36. The van der Waals surface area contributed by atoms with E-state index in [2.05, 4.69) is 5.32 Å². The minimum Gasteiger partial charge on any atom is -0.398 e. The van der Waals surface area contributed by atoms with Crippen molar-refractivity contribution in [1.29, 1.82) is 0 Å². The van der Waals surface area contributed by atoms with Crippen LogP contribution in [0.4, 0.5) is 11.4 Å². The van der Waals surface area contributed by atoms with E-state index in [0.29, 0.717) is 16.8 Å². The van der Waals surface area contributed by atoms with Gasteiger partial charge in [0.15, 0.2) is 0 Å². The lowest BCUT2D eigenvalue weighted by molar-refractivity contribution is -0.385. The van der Waals surface area contributed by atoms with Gasteiger partial charge in [-0.15, -0.1) is 0 Å². The fourth-order valence-electron chi connectivity index (χ4n) is 1.90. The number of nitrogens with one attached hydrogen (secondary N) is 1. The van der Waals surface area contributed by atoms with Crippen LogP contribution in [0.3, 0.4) is 0 Å². The number of nitrogens with two attached hydrogens (primary N) is 1. The maximum atomic E-state index is 12.0. The van der Waals surface area contributed by atoms with Gasteiger partial charge in [0.1, 0.15) is 0 Å². The van der Waals surface area contributed by atoms with Crippen LogP contribution in [0, 0.1) is 17.0 Å². The number of nitro groups is 1. The van der Waals surface area contributed by atoms with Crippen LogP contribution in [0.15, 0.2) is 42.5 Å². The summed E-state index contributed by atoms with van der Waals surface area (Å²) in [5, 5.41) is 13.6. The van der Waals surface area contributed by atoms with Crippen molar-refractivity contribution in [3.8, 4) is 0 Å². The van der Waals surface area contributed by atoms with Crippen molar-refractivity contribution in [3.63, 3.8) is 0 Å². The van der Waals surface area contributed by atoms with Crippen molar-refractivity contribution < 1.29 is 9.72 Å². The molecule has 3 N–H and O–H groups in total. The van der Waals surface area contributed by atoms with Crippen molar-refractivity contribution in [2.75, 3.05) is 5.73 Å². The van der Waals surface area contributed by atoms with E-state index in [4.69, 9.17) is 5.73 Å². The lowest BCUT2D eigenvalue weighted by Gasteiger charge is -2.07. The molecular weight excluding hydrogens is 270 g/mol. The fourth-order valence-corrected chi connectivity index (χ4v) is 1.90. The van der Waals surface area contributed by atoms with E-state index < -0.39 is 4.92 Å². The van der Waals surface area contributed by atoms with Gasteiger partial charge in [0, 0.05) is 29.4 Å². The molecule has 108 valence electrons. The second-order valence-electron chi connectivity index (χ2n) is 4.64. The minimum atomic E-state index is -0.467. The Kier molecular flexibility index (Phi) is 4.18. The van der Waals surface area contributed by atoms with Crippen LogP contribution in [-0.2, 0) is 6.54 Å². The van der Waals surface area contributed by atoms with Crippen LogP contribution in [0.2, 0.25) is 0 Å². The first-order valence-corrected chi connectivity index (χ1v) is 6.35. The van der Waals surface area contributed by atoms with E-state index in [1.165, 1.54) is 6.07 Å². The molecule has 0 aromatic heterocycles. The van der Waals surface area contributed by atoms with Gasteiger partial charge in [0.25, 0.3) is 11.6 Å². The van der Waals surface area contributed by atoms with Crippen LogP contribution in [0.1, 0.15) is 21.5 Å². The zero-order valence-electron chi connectivity index (χ0n) is 11.5. The molecule has 6 heteroatoms. The van der Waals surface area contributed by atoms with E-state index in [9.17, 15) is 14.9 Å². The third-order valence-corrected chi connectivity index (χ3v) is 3.17. The molecule has 0 aliphatic heterocycles. The van der Waals surface area contributed by atoms with Crippen LogP contribution in [-0.4, -0.2) is 10.8 Å². The second kappa shape index (κ2) is 6.04. The molecule has 2 aromatic rings.